The third-order valence-corrected chi connectivity index (χ3v) is 6.22. The standard InChI is InChI=1S/C26H31N3O5/c1-2-3-16-34-21-6-4-20(5-7-21)24(30)22-23(19-8-10-27-11-9-19)29(26(32)25(22)31)13-12-28-14-17-33-18-15-28/h4-11,23,30H,2-3,12-18H2,1H3/b24-22-. The van der Waals surface area contributed by atoms with E-state index < -0.39 is 17.7 Å². The zero-order chi connectivity index (χ0) is 23.9. The van der Waals surface area contributed by atoms with Crippen LogP contribution in [-0.2, 0) is 14.3 Å². The van der Waals surface area contributed by atoms with Gasteiger partial charge in [0, 0.05) is 44.1 Å². The maximum Gasteiger partial charge on any atom is 0.295 e. The highest BCUT2D eigenvalue weighted by molar-refractivity contribution is 6.46. The second kappa shape index (κ2) is 11.3. The topological polar surface area (TPSA) is 92.2 Å². The molecule has 0 radical (unpaired) electrons. The number of aromatic nitrogens is 1. The first-order valence-corrected chi connectivity index (χ1v) is 11.8. The van der Waals surface area contributed by atoms with Crippen LogP contribution < -0.4 is 4.74 Å². The Hall–Kier alpha value is -3.23. The van der Waals surface area contributed by atoms with Crippen molar-refractivity contribution in [2.45, 2.75) is 25.8 Å². The summed E-state index contributed by atoms with van der Waals surface area (Å²) in [6.07, 6.45) is 5.25. The number of hydrogen-bond donors (Lipinski definition) is 1. The molecule has 0 aliphatic carbocycles. The predicted octanol–water partition coefficient (Wildman–Crippen LogP) is 3.01. The van der Waals surface area contributed by atoms with E-state index in [4.69, 9.17) is 9.47 Å². The fourth-order valence-corrected chi connectivity index (χ4v) is 4.28. The van der Waals surface area contributed by atoms with Crippen molar-refractivity contribution in [1.82, 2.24) is 14.8 Å². The van der Waals surface area contributed by atoms with Gasteiger partial charge in [-0.15, -0.1) is 0 Å². The van der Waals surface area contributed by atoms with E-state index in [1.54, 1.807) is 53.7 Å². The summed E-state index contributed by atoms with van der Waals surface area (Å²) in [6, 6.07) is 9.82. The van der Waals surface area contributed by atoms with E-state index in [9.17, 15) is 14.7 Å². The Morgan fingerprint density at radius 2 is 1.79 bits per heavy atom. The fraction of sp³-hybridized carbons (Fsp3) is 0.423. The minimum atomic E-state index is -0.676. The number of unbranched alkanes of at least 4 members (excludes halogenated alkanes) is 1. The Morgan fingerprint density at radius 3 is 2.47 bits per heavy atom. The molecule has 1 aromatic carbocycles. The average molecular weight is 466 g/mol. The van der Waals surface area contributed by atoms with Crippen LogP contribution in [0.5, 0.6) is 5.75 Å². The summed E-state index contributed by atoms with van der Waals surface area (Å²) in [5.74, 6) is -0.767. The molecule has 180 valence electrons. The van der Waals surface area contributed by atoms with E-state index >= 15 is 0 Å². The molecule has 3 heterocycles. The van der Waals surface area contributed by atoms with E-state index in [1.165, 1.54) is 0 Å². The number of benzene rings is 1. The average Bonchev–Trinajstić information content (AvgIpc) is 3.13. The van der Waals surface area contributed by atoms with Crippen LogP contribution in [0.2, 0.25) is 0 Å². The molecule has 8 heteroatoms. The molecule has 2 fully saturated rings. The SMILES string of the molecule is CCCCOc1ccc(/C(O)=C2/C(=O)C(=O)N(CCN3CCOCC3)C2c2ccncc2)cc1. The van der Waals surface area contributed by atoms with E-state index in [1.807, 2.05) is 0 Å². The second-order valence-electron chi connectivity index (χ2n) is 8.45. The van der Waals surface area contributed by atoms with Crippen molar-refractivity contribution in [3.05, 3.63) is 65.5 Å². The molecule has 2 aromatic rings. The van der Waals surface area contributed by atoms with Crippen molar-refractivity contribution in [3.63, 3.8) is 0 Å². The van der Waals surface area contributed by atoms with Crippen LogP contribution in [0.1, 0.15) is 36.9 Å². The summed E-state index contributed by atoms with van der Waals surface area (Å²) in [5, 5.41) is 11.2. The smallest absolute Gasteiger partial charge is 0.295 e. The molecule has 1 amide bonds. The number of aliphatic hydroxyl groups is 1. The first kappa shape index (κ1) is 23.9. The number of nitrogens with zero attached hydrogens (tertiary/aromatic N) is 3. The Labute approximate surface area is 199 Å². The maximum absolute atomic E-state index is 13.1. The lowest BCUT2D eigenvalue weighted by atomic mass is 9.96. The quantitative estimate of drug-likeness (QED) is 0.263. The summed E-state index contributed by atoms with van der Waals surface area (Å²) >= 11 is 0. The van der Waals surface area contributed by atoms with Gasteiger partial charge in [-0.1, -0.05) is 13.3 Å². The van der Waals surface area contributed by atoms with Gasteiger partial charge in [0.2, 0.25) is 0 Å². The minimum Gasteiger partial charge on any atom is -0.507 e. The van der Waals surface area contributed by atoms with E-state index in [0.29, 0.717) is 44.2 Å². The number of carbonyl (C=O) groups excluding carboxylic acids is 2. The number of hydrogen-bond acceptors (Lipinski definition) is 7. The van der Waals surface area contributed by atoms with Gasteiger partial charge in [-0.3, -0.25) is 19.5 Å². The van der Waals surface area contributed by atoms with Crippen molar-refractivity contribution in [2.24, 2.45) is 0 Å². The highest BCUT2D eigenvalue weighted by Crippen LogP contribution is 2.39. The number of likely N-dealkylation sites (tertiary alicyclic amines) is 1. The fourth-order valence-electron chi connectivity index (χ4n) is 4.28. The molecule has 1 atom stereocenters. The first-order valence-electron chi connectivity index (χ1n) is 11.8. The van der Waals surface area contributed by atoms with Gasteiger partial charge in [-0.25, -0.2) is 0 Å². The van der Waals surface area contributed by atoms with Crippen LogP contribution >= 0.6 is 0 Å². The Kier molecular flexibility index (Phi) is 7.92. The van der Waals surface area contributed by atoms with E-state index in [2.05, 4.69) is 16.8 Å². The molecule has 0 saturated carbocycles. The number of amides is 1. The number of aliphatic hydroxyl groups excluding tert-OH is 1. The van der Waals surface area contributed by atoms with Gasteiger partial charge in [0.15, 0.2) is 0 Å². The van der Waals surface area contributed by atoms with Crippen molar-refractivity contribution >= 4 is 17.4 Å². The van der Waals surface area contributed by atoms with Gasteiger partial charge in [0.1, 0.15) is 11.5 Å². The van der Waals surface area contributed by atoms with Crippen LogP contribution in [0.15, 0.2) is 54.4 Å². The lowest BCUT2D eigenvalue weighted by molar-refractivity contribution is -0.140. The van der Waals surface area contributed by atoms with Gasteiger partial charge in [0.25, 0.3) is 11.7 Å². The number of Topliss-reactive ketones (excluding diaryl/α,β-unsaturated/α-hetero) is 1. The molecular formula is C26H31N3O5. The lowest BCUT2D eigenvalue weighted by Gasteiger charge is -2.30. The largest absolute Gasteiger partial charge is 0.507 e. The molecule has 4 rings (SSSR count). The highest BCUT2D eigenvalue weighted by atomic mass is 16.5. The molecule has 1 unspecified atom stereocenters. The van der Waals surface area contributed by atoms with Crippen molar-refractivity contribution in [3.8, 4) is 5.75 Å². The molecule has 34 heavy (non-hydrogen) atoms. The number of pyridine rings is 1. The number of ether oxygens (including phenoxy) is 2. The van der Waals surface area contributed by atoms with Gasteiger partial charge in [-0.05, 0) is 48.4 Å². The van der Waals surface area contributed by atoms with Crippen molar-refractivity contribution in [2.75, 3.05) is 46.0 Å². The molecule has 2 saturated heterocycles. The predicted molar refractivity (Wildman–Crippen MR) is 127 cm³/mol. The van der Waals surface area contributed by atoms with Crippen molar-refractivity contribution < 1.29 is 24.2 Å². The molecule has 0 spiro atoms. The second-order valence-corrected chi connectivity index (χ2v) is 8.45. The normalized spacial score (nSPS) is 20.6. The Bertz CT molecular complexity index is 1020. The van der Waals surface area contributed by atoms with Crippen LogP contribution in [0, 0.1) is 0 Å². The summed E-state index contributed by atoms with van der Waals surface area (Å²) in [6.45, 7) is 6.61. The maximum atomic E-state index is 13.1. The monoisotopic (exact) mass is 465 g/mol. The lowest BCUT2D eigenvalue weighted by Crippen LogP contribution is -2.42. The summed E-state index contributed by atoms with van der Waals surface area (Å²) < 4.78 is 11.1. The number of carbonyl (C=O) groups is 2. The minimum absolute atomic E-state index is 0.0952. The third kappa shape index (κ3) is 5.29. The highest BCUT2D eigenvalue weighted by Gasteiger charge is 2.46. The zero-order valence-electron chi connectivity index (χ0n) is 19.5. The molecular weight excluding hydrogens is 434 g/mol. The summed E-state index contributed by atoms with van der Waals surface area (Å²) in [4.78, 5) is 34.0. The number of ketones is 1. The Balaban J connectivity index is 1.63. The molecule has 2 aliphatic rings. The molecule has 2 aliphatic heterocycles. The first-order chi connectivity index (χ1) is 16.6. The summed E-state index contributed by atoms with van der Waals surface area (Å²) in [7, 11) is 0. The van der Waals surface area contributed by atoms with E-state index in [-0.39, 0.29) is 11.3 Å². The molecule has 0 bridgehead atoms. The molecule has 8 nitrogen and oxygen atoms in total. The molecule has 1 aromatic heterocycles. The van der Waals surface area contributed by atoms with Gasteiger partial charge < -0.3 is 19.5 Å². The molecule has 1 N–H and O–H groups in total. The van der Waals surface area contributed by atoms with Gasteiger partial charge >= 0.3 is 0 Å². The summed E-state index contributed by atoms with van der Waals surface area (Å²) in [5.41, 5.74) is 1.29. The van der Waals surface area contributed by atoms with Crippen LogP contribution in [0.3, 0.4) is 0 Å². The van der Waals surface area contributed by atoms with Crippen LogP contribution in [0.25, 0.3) is 5.76 Å². The third-order valence-electron chi connectivity index (χ3n) is 6.22. The Morgan fingerprint density at radius 1 is 1.09 bits per heavy atom. The number of rotatable bonds is 9. The van der Waals surface area contributed by atoms with Crippen LogP contribution in [0.4, 0.5) is 0 Å². The zero-order valence-corrected chi connectivity index (χ0v) is 19.5. The number of morpholine rings is 1. The van der Waals surface area contributed by atoms with E-state index in [0.717, 1.165) is 31.5 Å². The van der Waals surface area contributed by atoms with Crippen LogP contribution in [-0.4, -0.2) is 77.6 Å². The van der Waals surface area contributed by atoms with Crippen molar-refractivity contribution in [1.29, 1.82) is 0 Å². The van der Waals surface area contributed by atoms with Gasteiger partial charge in [-0.2, -0.15) is 0 Å². The van der Waals surface area contributed by atoms with Gasteiger partial charge in [0.05, 0.1) is 31.4 Å².